The predicted molar refractivity (Wildman–Crippen MR) is 129 cm³/mol. The summed E-state index contributed by atoms with van der Waals surface area (Å²) in [6.07, 6.45) is 0. The first-order chi connectivity index (χ1) is 15.3. The number of hydrogen-bond acceptors (Lipinski definition) is 3. The molecule has 0 aliphatic heterocycles. The molecule has 0 fully saturated rings. The number of carbonyl (C=O) groups is 1. The number of nitrogens with one attached hydrogen (secondary N) is 1. The maximum absolute atomic E-state index is 13.2. The molecule has 1 N–H and O–H groups in total. The van der Waals surface area contributed by atoms with E-state index in [1.807, 2.05) is 60.7 Å². The zero-order chi connectivity index (χ0) is 23.1. The van der Waals surface area contributed by atoms with Gasteiger partial charge in [0.15, 0.2) is 0 Å². The van der Waals surface area contributed by atoms with Crippen LogP contribution in [0.3, 0.4) is 0 Å². The number of rotatable bonds is 7. The van der Waals surface area contributed by atoms with Gasteiger partial charge in [-0.25, -0.2) is 4.79 Å². The van der Waals surface area contributed by atoms with Crippen molar-refractivity contribution in [1.82, 2.24) is 4.90 Å². The molecule has 0 spiro atoms. The average molecular weight is 433 g/mol. The molecule has 0 aromatic heterocycles. The van der Waals surface area contributed by atoms with Gasteiger partial charge in [0.2, 0.25) is 0 Å². The third-order valence-corrected chi connectivity index (χ3v) is 5.35. The zero-order valence-electron chi connectivity index (χ0n) is 19.5. The first-order valence-corrected chi connectivity index (χ1v) is 10.7. The number of methoxy groups -OCH3 is 2. The van der Waals surface area contributed by atoms with Gasteiger partial charge in [0.25, 0.3) is 0 Å². The maximum atomic E-state index is 13.2. The number of nitrogens with zero attached hydrogens (tertiary/aromatic N) is 1. The summed E-state index contributed by atoms with van der Waals surface area (Å²) in [7, 11) is 3.28. The normalized spacial score (nSPS) is 11.0. The highest BCUT2D eigenvalue weighted by Gasteiger charge is 2.17. The molecule has 3 aromatic rings. The Labute approximate surface area is 191 Å². The lowest BCUT2D eigenvalue weighted by molar-refractivity contribution is 0.206. The van der Waals surface area contributed by atoms with E-state index in [9.17, 15) is 4.79 Å². The molecular formula is C27H32N2O3. The molecule has 3 rings (SSSR count). The average Bonchev–Trinajstić information content (AvgIpc) is 2.79. The van der Waals surface area contributed by atoms with Gasteiger partial charge in [-0.2, -0.15) is 0 Å². The van der Waals surface area contributed by atoms with Crippen LogP contribution in [0.2, 0.25) is 0 Å². The summed E-state index contributed by atoms with van der Waals surface area (Å²) < 4.78 is 10.5. The molecule has 0 aliphatic carbocycles. The third-order valence-electron chi connectivity index (χ3n) is 5.35. The highest BCUT2D eigenvalue weighted by atomic mass is 16.5. The van der Waals surface area contributed by atoms with Crippen LogP contribution in [-0.4, -0.2) is 25.2 Å². The molecule has 0 unspecified atom stereocenters. The molecule has 0 radical (unpaired) electrons. The molecule has 0 heterocycles. The Hall–Kier alpha value is -3.47. The standard InChI is InChI=1S/C27H32N2O3/c1-27(2,3)22-10-12-23(13-11-22)28-26(30)29(18-20-6-14-24(31-4)15-7-20)19-21-8-16-25(32-5)17-9-21/h6-17H,18-19H2,1-5H3,(H,28,30). The van der Waals surface area contributed by atoms with Gasteiger partial charge in [0.1, 0.15) is 11.5 Å². The smallest absolute Gasteiger partial charge is 0.322 e. The molecule has 5 nitrogen and oxygen atoms in total. The molecule has 0 aliphatic rings. The van der Waals surface area contributed by atoms with Crippen LogP contribution in [0.4, 0.5) is 10.5 Å². The number of hydrogen-bond donors (Lipinski definition) is 1. The van der Waals surface area contributed by atoms with Gasteiger partial charge in [-0.05, 0) is 58.5 Å². The maximum Gasteiger partial charge on any atom is 0.322 e. The fraction of sp³-hybridized carbons (Fsp3) is 0.296. The number of carbonyl (C=O) groups excluding carboxylic acids is 1. The van der Waals surface area contributed by atoms with E-state index in [1.165, 1.54) is 5.56 Å². The molecule has 0 saturated heterocycles. The Balaban J connectivity index is 1.78. The van der Waals surface area contributed by atoms with Crippen LogP contribution >= 0.6 is 0 Å². The van der Waals surface area contributed by atoms with Crippen molar-refractivity contribution in [3.63, 3.8) is 0 Å². The zero-order valence-corrected chi connectivity index (χ0v) is 19.5. The van der Waals surface area contributed by atoms with Crippen molar-refractivity contribution < 1.29 is 14.3 Å². The molecule has 0 bridgehead atoms. The number of urea groups is 1. The van der Waals surface area contributed by atoms with E-state index in [2.05, 4.69) is 38.2 Å². The van der Waals surface area contributed by atoms with Crippen LogP contribution in [0.1, 0.15) is 37.5 Å². The third kappa shape index (κ3) is 6.27. The van der Waals surface area contributed by atoms with Crippen LogP contribution in [0.25, 0.3) is 0 Å². The second-order valence-corrected chi connectivity index (χ2v) is 8.81. The summed E-state index contributed by atoms with van der Waals surface area (Å²) in [5, 5.41) is 3.04. The lowest BCUT2D eigenvalue weighted by Gasteiger charge is -2.24. The van der Waals surface area contributed by atoms with Crippen LogP contribution < -0.4 is 14.8 Å². The minimum absolute atomic E-state index is 0.0668. The van der Waals surface area contributed by atoms with Crippen molar-refractivity contribution in [2.45, 2.75) is 39.3 Å². The van der Waals surface area contributed by atoms with E-state index in [1.54, 1.807) is 19.1 Å². The molecule has 3 aromatic carbocycles. The van der Waals surface area contributed by atoms with Crippen LogP contribution in [0.15, 0.2) is 72.8 Å². The van der Waals surface area contributed by atoms with Gasteiger partial charge in [0.05, 0.1) is 14.2 Å². The van der Waals surface area contributed by atoms with E-state index in [-0.39, 0.29) is 11.4 Å². The Kier molecular flexibility index (Phi) is 7.41. The van der Waals surface area contributed by atoms with E-state index in [4.69, 9.17) is 9.47 Å². The minimum atomic E-state index is -0.153. The van der Waals surface area contributed by atoms with Crippen molar-refractivity contribution in [2.24, 2.45) is 0 Å². The van der Waals surface area contributed by atoms with E-state index < -0.39 is 0 Å². The van der Waals surface area contributed by atoms with Crippen molar-refractivity contribution in [3.8, 4) is 11.5 Å². The van der Waals surface area contributed by atoms with E-state index >= 15 is 0 Å². The Morgan fingerprint density at radius 3 is 1.56 bits per heavy atom. The monoisotopic (exact) mass is 432 g/mol. The number of anilines is 1. The highest BCUT2D eigenvalue weighted by Crippen LogP contribution is 2.24. The van der Waals surface area contributed by atoms with Gasteiger partial charge < -0.3 is 19.7 Å². The van der Waals surface area contributed by atoms with Gasteiger partial charge in [-0.3, -0.25) is 0 Å². The summed E-state index contributed by atoms with van der Waals surface area (Å²) in [5.41, 5.74) is 4.12. The van der Waals surface area contributed by atoms with Gasteiger partial charge in [-0.1, -0.05) is 57.2 Å². The van der Waals surface area contributed by atoms with Crippen LogP contribution in [-0.2, 0) is 18.5 Å². The second kappa shape index (κ2) is 10.2. The number of benzene rings is 3. The quantitative estimate of drug-likeness (QED) is 0.481. The first kappa shape index (κ1) is 23.2. The second-order valence-electron chi connectivity index (χ2n) is 8.81. The molecule has 0 saturated carbocycles. The van der Waals surface area contributed by atoms with Crippen LogP contribution in [0, 0.1) is 0 Å². The summed E-state index contributed by atoms with van der Waals surface area (Å²) in [5.74, 6) is 1.58. The Morgan fingerprint density at radius 1 is 0.750 bits per heavy atom. The summed E-state index contributed by atoms with van der Waals surface area (Å²) in [6, 6.07) is 23.4. The van der Waals surface area contributed by atoms with Crippen molar-refractivity contribution in [3.05, 3.63) is 89.5 Å². The largest absolute Gasteiger partial charge is 0.497 e. The SMILES string of the molecule is COc1ccc(CN(Cc2ccc(OC)cc2)C(=O)Nc2ccc(C(C)(C)C)cc2)cc1. The molecule has 32 heavy (non-hydrogen) atoms. The van der Waals surface area contributed by atoms with E-state index in [0.29, 0.717) is 13.1 Å². The number of ether oxygens (including phenoxy) is 2. The Bertz CT molecular complexity index is 955. The molecule has 2 amide bonds. The fourth-order valence-corrected chi connectivity index (χ4v) is 3.36. The molecule has 5 heteroatoms. The fourth-order valence-electron chi connectivity index (χ4n) is 3.36. The van der Waals surface area contributed by atoms with Crippen molar-refractivity contribution in [1.29, 1.82) is 0 Å². The summed E-state index contributed by atoms with van der Waals surface area (Å²) >= 11 is 0. The predicted octanol–water partition coefficient (Wildman–Crippen LogP) is 6.24. The number of amides is 2. The Morgan fingerprint density at radius 2 is 1.19 bits per heavy atom. The highest BCUT2D eigenvalue weighted by molar-refractivity contribution is 5.89. The molecule has 168 valence electrons. The summed E-state index contributed by atoms with van der Waals surface area (Å²) in [4.78, 5) is 15.0. The first-order valence-electron chi connectivity index (χ1n) is 10.7. The summed E-state index contributed by atoms with van der Waals surface area (Å²) in [6.45, 7) is 7.47. The van der Waals surface area contributed by atoms with Crippen molar-refractivity contribution in [2.75, 3.05) is 19.5 Å². The van der Waals surface area contributed by atoms with Crippen molar-refractivity contribution >= 4 is 11.7 Å². The van der Waals surface area contributed by atoms with Gasteiger partial charge in [-0.15, -0.1) is 0 Å². The lowest BCUT2D eigenvalue weighted by Crippen LogP contribution is -2.34. The van der Waals surface area contributed by atoms with E-state index in [0.717, 1.165) is 28.3 Å². The molecule has 0 atom stereocenters. The minimum Gasteiger partial charge on any atom is -0.497 e. The lowest BCUT2D eigenvalue weighted by atomic mass is 9.87. The van der Waals surface area contributed by atoms with Crippen LogP contribution in [0.5, 0.6) is 11.5 Å². The topological polar surface area (TPSA) is 50.8 Å². The van der Waals surface area contributed by atoms with Gasteiger partial charge >= 0.3 is 6.03 Å². The molecular weight excluding hydrogens is 400 g/mol. The van der Waals surface area contributed by atoms with Gasteiger partial charge in [0, 0.05) is 18.8 Å².